The van der Waals surface area contributed by atoms with Crippen LogP contribution in [0.15, 0.2) is 24.4 Å². The van der Waals surface area contributed by atoms with Crippen molar-refractivity contribution in [3.63, 3.8) is 0 Å². The van der Waals surface area contributed by atoms with Gasteiger partial charge in [0.1, 0.15) is 11.4 Å². The van der Waals surface area contributed by atoms with Crippen molar-refractivity contribution in [2.75, 3.05) is 5.32 Å². The van der Waals surface area contributed by atoms with Crippen LogP contribution in [0.25, 0.3) is 0 Å². The first-order valence-electron chi connectivity index (χ1n) is 5.09. The highest BCUT2D eigenvalue weighted by atomic mass is 19.1. The number of carbonyl (C=O) groups excluding carboxylic acids is 1. The van der Waals surface area contributed by atoms with E-state index >= 15 is 0 Å². The molecule has 1 aromatic heterocycles. The number of aromatic nitrogens is 3. The van der Waals surface area contributed by atoms with Crippen LogP contribution in [0.1, 0.15) is 10.4 Å². The second-order valence-corrected chi connectivity index (χ2v) is 3.65. The molecule has 0 aliphatic carbocycles. The third kappa shape index (κ3) is 2.70. The number of rotatable bonds is 3. The lowest BCUT2D eigenvalue weighted by Crippen LogP contribution is -2.14. The molecule has 1 heterocycles. The van der Waals surface area contributed by atoms with Crippen molar-refractivity contribution in [2.45, 2.75) is 0 Å². The van der Waals surface area contributed by atoms with Gasteiger partial charge in [-0.3, -0.25) is 19.6 Å². The predicted octanol–water partition coefficient (Wildman–Crippen LogP) is 1.11. The van der Waals surface area contributed by atoms with E-state index in [4.69, 9.17) is 0 Å². The molecular weight excluding hydrogens is 257 g/mol. The molecule has 1 aromatic carbocycles. The summed E-state index contributed by atoms with van der Waals surface area (Å²) >= 11 is 0. The maximum Gasteiger partial charge on any atom is 0.285 e. The normalized spacial score (nSPS) is 10.2. The van der Waals surface area contributed by atoms with Crippen LogP contribution in [0, 0.1) is 15.9 Å². The van der Waals surface area contributed by atoms with Crippen LogP contribution >= 0.6 is 0 Å². The van der Waals surface area contributed by atoms with Gasteiger partial charge < -0.3 is 5.32 Å². The Balaban J connectivity index is 2.31. The lowest BCUT2D eigenvalue weighted by molar-refractivity contribution is -0.385. The molecule has 0 aliphatic heterocycles. The number of nitro groups is 1. The number of halogens is 1. The van der Waals surface area contributed by atoms with E-state index in [1.165, 1.54) is 10.9 Å². The average molecular weight is 265 g/mol. The standard InChI is InChI=1S/C10H8FN5O3/c1-15-5-9(13-14-15)12-10(17)7-3-2-6(11)4-8(7)16(18)19/h2-5H,1H3,(H,12,17). The zero-order chi connectivity index (χ0) is 14.0. The topological polar surface area (TPSA) is 103 Å². The summed E-state index contributed by atoms with van der Waals surface area (Å²) in [6.45, 7) is 0. The molecule has 0 atom stereocenters. The second kappa shape index (κ2) is 4.80. The maximum atomic E-state index is 12.9. The zero-order valence-corrected chi connectivity index (χ0v) is 9.70. The van der Waals surface area contributed by atoms with Gasteiger partial charge in [0.2, 0.25) is 0 Å². The number of benzene rings is 1. The Bertz CT molecular complexity index is 654. The molecule has 9 heteroatoms. The Labute approximate surface area is 106 Å². The lowest BCUT2D eigenvalue weighted by atomic mass is 10.1. The van der Waals surface area contributed by atoms with E-state index in [1.54, 1.807) is 7.05 Å². The fourth-order valence-corrected chi connectivity index (χ4v) is 1.44. The van der Waals surface area contributed by atoms with Gasteiger partial charge in [-0.1, -0.05) is 5.21 Å². The molecule has 0 spiro atoms. The average Bonchev–Trinajstić information content (AvgIpc) is 2.74. The number of anilines is 1. The number of hydrogen-bond donors (Lipinski definition) is 1. The molecule has 0 saturated carbocycles. The van der Waals surface area contributed by atoms with E-state index in [1.807, 2.05) is 0 Å². The summed E-state index contributed by atoms with van der Waals surface area (Å²) in [5.74, 6) is -1.40. The summed E-state index contributed by atoms with van der Waals surface area (Å²) in [6, 6.07) is 2.70. The fraction of sp³-hybridized carbons (Fsp3) is 0.100. The van der Waals surface area contributed by atoms with Gasteiger partial charge in [0.15, 0.2) is 5.82 Å². The minimum Gasteiger partial charge on any atom is -0.303 e. The largest absolute Gasteiger partial charge is 0.303 e. The van der Waals surface area contributed by atoms with Crippen LogP contribution in [0.2, 0.25) is 0 Å². The molecule has 0 bridgehead atoms. The van der Waals surface area contributed by atoms with Crippen LogP contribution in [0.3, 0.4) is 0 Å². The minimum absolute atomic E-state index is 0.145. The van der Waals surface area contributed by atoms with Gasteiger partial charge in [0.05, 0.1) is 17.2 Å². The van der Waals surface area contributed by atoms with Gasteiger partial charge in [-0.25, -0.2) is 4.39 Å². The fourth-order valence-electron chi connectivity index (χ4n) is 1.44. The van der Waals surface area contributed by atoms with Gasteiger partial charge in [0, 0.05) is 7.05 Å². The molecule has 8 nitrogen and oxygen atoms in total. The van der Waals surface area contributed by atoms with Crippen molar-refractivity contribution in [2.24, 2.45) is 7.05 Å². The number of nitrogens with one attached hydrogen (secondary N) is 1. The molecule has 19 heavy (non-hydrogen) atoms. The first-order valence-corrected chi connectivity index (χ1v) is 5.09. The molecule has 2 aromatic rings. The van der Waals surface area contributed by atoms with E-state index in [9.17, 15) is 19.3 Å². The number of hydrogen-bond acceptors (Lipinski definition) is 5. The molecule has 0 radical (unpaired) electrons. The van der Waals surface area contributed by atoms with Crippen LogP contribution in [-0.2, 0) is 7.05 Å². The van der Waals surface area contributed by atoms with Gasteiger partial charge in [0.25, 0.3) is 11.6 Å². The molecule has 2 rings (SSSR count). The van der Waals surface area contributed by atoms with Crippen molar-refractivity contribution in [1.29, 1.82) is 0 Å². The summed E-state index contributed by atoms with van der Waals surface area (Å²) in [5.41, 5.74) is -0.863. The highest BCUT2D eigenvalue weighted by Crippen LogP contribution is 2.20. The van der Waals surface area contributed by atoms with Gasteiger partial charge >= 0.3 is 0 Å². The zero-order valence-electron chi connectivity index (χ0n) is 9.70. The van der Waals surface area contributed by atoms with E-state index in [-0.39, 0.29) is 11.4 Å². The molecule has 0 saturated heterocycles. The Hall–Kier alpha value is -2.84. The Kier molecular flexibility index (Phi) is 3.19. The summed E-state index contributed by atoms with van der Waals surface area (Å²) in [6.07, 6.45) is 1.42. The summed E-state index contributed by atoms with van der Waals surface area (Å²) in [7, 11) is 1.60. The number of nitrogens with zero attached hydrogens (tertiary/aromatic N) is 4. The van der Waals surface area contributed by atoms with Crippen molar-refractivity contribution in [3.05, 3.63) is 45.9 Å². The Morgan fingerprint density at radius 2 is 2.26 bits per heavy atom. The molecule has 1 N–H and O–H groups in total. The third-order valence-corrected chi connectivity index (χ3v) is 2.25. The van der Waals surface area contributed by atoms with Crippen molar-refractivity contribution < 1.29 is 14.1 Å². The number of carbonyl (C=O) groups is 1. The number of amides is 1. The number of aryl methyl sites for hydroxylation is 1. The van der Waals surface area contributed by atoms with Gasteiger partial charge in [-0.2, -0.15) is 0 Å². The summed E-state index contributed by atoms with van der Waals surface area (Å²) in [5, 5.41) is 20.3. The highest BCUT2D eigenvalue weighted by molar-refractivity contribution is 6.06. The molecule has 98 valence electrons. The maximum absolute atomic E-state index is 12.9. The predicted molar refractivity (Wildman–Crippen MR) is 62.0 cm³/mol. The van der Waals surface area contributed by atoms with E-state index in [0.717, 1.165) is 12.1 Å². The first kappa shape index (κ1) is 12.6. The van der Waals surface area contributed by atoms with Crippen LogP contribution in [0.4, 0.5) is 15.9 Å². The smallest absolute Gasteiger partial charge is 0.285 e. The minimum atomic E-state index is -0.825. The Morgan fingerprint density at radius 3 is 2.84 bits per heavy atom. The summed E-state index contributed by atoms with van der Waals surface area (Å²) in [4.78, 5) is 21.8. The van der Waals surface area contributed by atoms with Crippen molar-refractivity contribution >= 4 is 17.4 Å². The van der Waals surface area contributed by atoms with Crippen LogP contribution in [0.5, 0.6) is 0 Å². The monoisotopic (exact) mass is 265 g/mol. The molecular formula is C10H8FN5O3. The lowest BCUT2D eigenvalue weighted by Gasteiger charge is -2.02. The Morgan fingerprint density at radius 1 is 1.53 bits per heavy atom. The molecule has 0 unspecified atom stereocenters. The molecule has 1 amide bonds. The van der Waals surface area contributed by atoms with E-state index in [0.29, 0.717) is 6.07 Å². The number of nitro benzene ring substituents is 1. The first-order chi connectivity index (χ1) is 8.97. The highest BCUT2D eigenvalue weighted by Gasteiger charge is 2.21. The van der Waals surface area contributed by atoms with Gasteiger partial charge in [-0.15, -0.1) is 5.10 Å². The third-order valence-electron chi connectivity index (χ3n) is 2.25. The van der Waals surface area contributed by atoms with Crippen molar-refractivity contribution in [1.82, 2.24) is 15.0 Å². The quantitative estimate of drug-likeness (QED) is 0.661. The van der Waals surface area contributed by atoms with E-state index in [2.05, 4.69) is 15.6 Å². The van der Waals surface area contributed by atoms with Crippen molar-refractivity contribution in [3.8, 4) is 0 Å². The summed E-state index contributed by atoms with van der Waals surface area (Å²) < 4.78 is 14.3. The second-order valence-electron chi connectivity index (χ2n) is 3.65. The van der Waals surface area contributed by atoms with Crippen LogP contribution < -0.4 is 5.32 Å². The van der Waals surface area contributed by atoms with Crippen LogP contribution in [-0.4, -0.2) is 25.8 Å². The van der Waals surface area contributed by atoms with E-state index < -0.39 is 22.3 Å². The molecule has 0 fully saturated rings. The molecule has 0 aliphatic rings. The van der Waals surface area contributed by atoms with Gasteiger partial charge in [-0.05, 0) is 12.1 Å². The SMILES string of the molecule is Cn1cc(NC(=O)c2ccc(F)cc2[N+](=O)[O-])nn1.